The smallest absolute Gasteiger partial charge is 0.284 e. The molecule has 2 aliphatic heterocycles. The molecule has 4 nitrogen and oxygen atoms in total. The van der Waals surface area contributed by atoms with Crippen molar-refractivity contribution in [3.8, 4) is 0 Å². The van der Waals surface area contributed by atoms with Crippen LogP contribution in [0.1, 0.15) is 58.3 Å². The number of rotatable bonds is 4. The molecule has 4 atom stereocenters. The minimum atomic E-state index is -2.32. The van der Waals surface area contributed by atoms with Crippen molar-refractivity contribution in [3.05, 3.63) is 23.3 Å². The van der Waals surface area contributed by atoms with E-state index in [9.17, 15) is 8.78 Å². The highest BCUT2D eigenvalue weighted by Crippen LogP contribution is 2.68. The van der Waals surface area contributed by atoms with Gasteiger partial charge in [-0.2, -0.15) is 8.78 Å². The molecule has 6 aliphatic rings. The van der Waals surface area contributed by atoms with Crippen molar-refractivity contribution in [1.82, 2.24) is 0 Å². The highest BCUT2D eigenvalue weighted by Gasteiger charge is 2.65. The number of alkyl halides is 2. The second-order valence-electron chi connectivity index (χ2n) is 10.7. The normalized spacial score (nSPS) is 41.5. The molecule has 2 saturated carbocycles. The fourth-order valence-electron chi connectivity index (χ4n) is 8.12. The van der Waals surface area contributed by atoms with E-state index in [-0.39, 0.29) is 10.8 Å². The van der Waals surface area contributed by atoms with E-state index >= 15 is 0 Å². The molecule has 0 aromatic heterocycles. The lowest BCUT2D eigenvalue weighted by atomic mass is 9.50. The van der Waals surface area contributed by atoms with E-state index in [1.165, 1.54) is 11.1 Å². The van der Waals surface area contributed by atoms with E-state index in [0.29, 0.717) is 44.0 Å². The monoisotopic (exact) mass is 468 g/mol. The van der Waals surface area contributed by atoms with Crippen molar-refractivity contribution in [2.24, 2.45) is 22.7 Å². The van der Waals surface area contributed by atoms with Crippen molar-refractivity contribution < 1.29 is 27.7 Å². The largest absolute Gasteiger partial charge is 0.347 e. The number of fused-ring (bicyclic) bond motifs is 6. The molecule has 7 heteroatoms. The summed E-state index contributed by atoms with van der Waals surface area (Å²) < 4.78 is 50.7. The van der Waals surface area contributed by atoms with E-state index in [1.807, 2.05) is 0 Å². The summed E-state index contributed by atoms with van der Waals surface area (Å²) in [7, 11) is 0. The van der Waals surface area contributed by atoms with Crippen molar-refractivity contribution in [2.75, 3.05) is 32.2 Å². The molecule has 0 amide bonds. The molecule has 0 bridgehead atoms. The van der Waals surface area contributed by atoms with Crippen molar-refractivity contribution in [3.63, 3.8) is 0 Å². The predicted molar refractivity (Wildman–Crippen MR) is 118 cm³/mol. The Morgan fingerprint density at radius 2 is 1.78 bits per heavy atom. The summed E-state index contributed by atoms with van der Waals surface area (Å²) >= 11 is 0.782. The average molecular weight is 469 g/mol. The fraction of sp³-hybridized carbons (Fsp3) is 0.840. The van der Waals surface area contributed by atoms with Gasteiger partial charge in [-0.15, -0.1) is 0 Å². The number of hydrogen-bond acceptors (Lipinski definition) is 5. The summed E-state index contributed by atoms with van der Waals surface area (Å²) in [6.07, 6.45) is 12.2. The third kappa shape index (κ3) is 3.07. The number of thioether (sulfide) groups is 1. The van der Waals surface area contributed by atoms with Gasteiger partial charge in [0, 0.05) is 30.1 Å². The molecule has 178 valence electrons. The zero-order valence-electron chi connectivity index (χ0n) is 18.9. The number of hydrogen-bond donors (Lipinski definition) is 0. The van der Waals surface area contributed by atoms with Gasteiger partial charge in [0.1, 0.15) is 0 Å². The van der Waals surface area contributed by atoms with E-state index in [1.54, 1.807) is 0 Å². The van der Waals surface area contributed by atoms with Crippen LogP contribution in [0, 0.1) is 22.7 Å². The minimum Gasteiger partial charge on any atom is -0.347 e. The summed E-state index contributed by atoms with van der Waals surface area (Å²) in [6.45, 7) is 5.03. The van der Waals surface area contributed by atoms with Gasteiger partial charge >= 0.3 is 0 Å². The van der Waals surface area contributed by atoms with Gasteiger partial charge in [-0.1, -0.05) is 42.0 Å². The van der Waals surface area contributed by atoms with Crippen LogP contribution in [0.4, 0.5) is 8.78 Å². The number of halogens is 2. The Morgan fingerprint density at radius 3 is 2.53 bits per heavy atom. The highest BCUT2D eigenvalue weighted by atomic mass is 32.2. The maximum Gasteiger partial charge on any atom is 0.284 e. The third-order valence-corrected chi connectivity index (χ3v) is 10.3. The Hall–Kier alpha value is -0.470. The molecule has 2 saturated heterocycles. The number of ether oxygens (including phenoxy) is 4. The van der Waals surface area contributed by atoms with Crippen LogP contribution in [-0.2, 0) is 18.9 Å². The van der Waals surface area contributed by atoms with E-state index in [4.69, 9.17) is 18.9 Å². The molecule has 32 heavy (non-hydrogen) atoms. The lowest BCUT2D eigenvalue weighted by molar-refractivity contribution is -0.228. The minimum absolute atomic E-state index is 0.0184. The van der Waals surface area contributed by atoms with Gasteiger partial charge in [0.05, 0.1) is 26.4 Å². The maximum absolute atomic E-state index is 13.0. The summed E-state index contributed by atoms with van der Waals surface area (Å²) in [5, 5.41) is 0. The lowest BCUT2D eigenvalue weighted by Crippen LogP contribution is -2.52. The Labute approximate surface area is 193 Å². The van der Waals surface area contributed by atoms with Gasteiger partial charge < -0.3 is 18.9 Å². The molecule has 2 spiro atoms. The Balaban J connectivity index is 1.35. The first kappa shape index (κ1) is 22.0. The van der Waals surface area contributed by atoms with Gasteiger partial charge in [-0.05, 0) is 49.7 Å². The van der Waals surface area contributed by atoms with Crippen LogP contribution in [-0.4, -0.2) is 49.5 Å². The molecule has 6 rings (SSSR count). The van der Waals surface area contributed by atoms with Gasteiger partial charge in [0.15, 0.2) is 11.6 Å². The summed E-state index contributed by atoms with van der Waals surface area (Å²) in [5.41, 5.74) is 2.73. The van der Waals surface area contributed by atoms with Gasteiger partial charge in [0.2, 0.25) is 0 Å². The zero-order chi connectivity index (χ0) is 22.0. The van der Waals surface area contributed by atoms with Gasteiger partial charge in [0.25, 0.3) is 5.76 Å². The van der Waals surface area contributed by atoms with Gasteiger partial charge in [-0.3, -0.25) is 0 Å². The van der Waals surface area contributed by atoms with E-state index in [2.05, 4.69) is 19.1 Å². The molecule has 4 aliphatic carbocycles. The van der Waals surface area contributed by atoms with E-state index in [0.717, 1.165) is 63.1 Å². The molecule has 0 aromatic rings. The lowest BCUT2D eigenvalue weighted by Gasteiger charge is -2.56. The fourth-order valence-corrected chi connectivity index (χ4v) is 8.76. The highest BCUT2D eigenvalue weighted by molar-refractivity contribution is 7.99. The molecule has 2 heterocycles. The first-order chi connectivity index (χ1) is 15.4. The second kappa shape index (κ2) is 7.77. The second-order valence-corrected chi connectivity index (χ2v) is 11.8. The first-order valence-corrected chi connectivity index (χ1v) is 13.3. The molecule has 0 aromatic carbocycles. The topological polar surface area (TPSA) is 36.9 Å². The molecule has 0 N–H and O–H groups in total. The summed E-state index contributed by atoms with van der Waals surface area (Å²) in [6, 6.07) is 0. The van der Waals surface area contributed by atoms with Crippen LogP contribution in [0.5, 0.6) is 0 Å². The quantitative estimate of drug-likeness (QED) is 0.496. The average Bonchev–Trinajstić information content (AvgIpc) is 3.50. The molecule has 0 radical (unpaired) electrons. The molecular weight excluding hydrogens is 434 g/mol. The summed E-state index contributed by atoms with van der Waals surface area (Å²) in [4.78, 5) is 0. The Kier molecular flexibility index (Phi) is 5.35. The van der Waals surface area contributed by atoms with Gasteiger partial charge in [-0.25, -0.2) is 0 Å². The zero-order valence-corrected chi connectivity index (χ0v) is 19.7. The van der Waals surface area contributed by atoms with E-state index < -0.39 is 17.3 Å². The van der Waals surface area contributed by atoms with Crippen LogP contribution in [0.2, 0.25) is 0 Å². The van der Waals surface area contributed by atoms with Crippen molar-refractivity contribution in [2.45, 2.75) is 75.6 Å². The SMILES string of the molecule is C[C@]12CC=C3[C@@H](CC=C4CC5(CC[C@@]43CCSC(F)F)OCCO5)[C@@H]1CCC21OCCO1. The predicted octanol–water partition coefficient (Wildman–Crippen LogP) is 5.68. The Morgan fingerprint density at radius 1 is 1.03 bits per heavy atom. The molecule has 0 unspecified atom stereocenters. The molecular formula is C25H34F2O4S. The Bertz CT molecular complexity index is 817. The standard InChI is InChI=1S/C25H34F2O4S/c1-22-6-4-20-18(19(22)5-7-25(22)30-13-14-31-25)3-2-17-16-24(28-11-12-29-24)9-8-23(17,20)10-15-32-21(26)27/h2,4,18-19,21H,3,5-16H2,1H3/t18-,19-,22-,23+/m0/s1. The van der Waals surface area contributed by atoms with Crippen molar-refractivity contribution >= 4 is 11.8 Å². The maximum atomic E-state index is 13.0. The van der Waals surface area contributed by atoms with Crippen LogP contribution in [0.25, 0.3) is 0 Å². The molecule has 4 fully saturated rings. The van der Waals surface area contributed by atoms with Crippen LogP contribution >= 0.6 is 11.8 Å². The van der Waals surface area contributed by atoms with Crippen molar-refractivity contribution in [1.29, 1.82) is 0 Å². The first-order valence-electron chi connectivity index (χ1n) is 12.3. The third-order valence-electron chi connectivity index (χ3n) is 9.62. The number of allylic oxidation sites excluding steroid dienone is 3. The van der Waals surface area contributed by atoms with Crippen LogP contribution < -0.4 is 0 Å². The summed E-state index contributed by atoms with van der Waals surface area (Å²) in [5.74, 6) is -1.82. The van der Waals surface area contributed by atoms with Crippen LogP contribution in [0.15, 0.2) is 23.3 Å². The van der Waals surface area contributed by atoms with Crippen LogP contribution in [0.3, 0.4) is 0 Å².